The molecule has 4 nitrogen and oxygen atoms in total. The molecule has 0 fully saturated rings. The Labute approximate surface area is 131 Å². The lowest BCUT2D eigenvalue weighted by Gasteiger charge is -2.30. The number of amides is 1. The van der Waals surface area contributed by atoms with Gasteiger partial charge in [-0.3, -0.25) is 4.84 Å². The number of nitrogens with zero attached hydrogens (tertiary/aromatic N) is 1. The maximum absolute atomic E-state index is 13.3. The minimum absolute atomic E-state index is 0.0100. The molecule has 0 bridgehead atoms. The van der Waals surface area contributed by atoms with Crippen molar-refractivity contribution in [2.45, 2.75) is 26.1 Å². The van der Waals surface area contributed by atoms with Crippen molar-refractivity contribution in [2.24, 2.45) is 5.92 Å². The molecule has 0 aromatic heterocycles. The fourth-order valence-electron chi connectivity index (χ4n) is 1.69. The lowest BCUT2D eigenvalue weighted by molar-refractivity contribution is -0.250. The molecule has 0 saturated heterocycles. The number of carbonyl (C=O) groups is 1. The van der Waals surface area contributed by atoms with Crippen molar-refractivity contribution in [3.8, 4) is 0 Å². The van der Waals surface area contributed by atoms with Gasteiger partial charge in [0.15, 0.2) is 6.04 Å². The molecule has 1 unspecified atom stereocenters. The number of hydrogen-bond donors (Lipinski definition) is 0. The van der Waals surface area contributed by atoms with Crippen LogP contribution >= 0.6 is 11.6 Å². The summed E-state index contributed by atoms with van der Waals surface area (Å²) in [6.07, 6.45) is -5.94. The van der Waals surface area contributed by atoms with Crippen LogP contribution in [0.15, 0.2) is 24.3 Å². The number of ether oxygens (including phenoxy) is 1. The summed E-state index contributed by atoms with van der Waals surface area (Å²) in [5.41, 5.74) is -0.180. The minimum Gasteiger partial charge on any atom is -0.448 e. The first-order valence-electron chi connectivity index (χ1n) is 6.49. The first kappa shape index (κ1) is 18.6. The Balaban J connectivity index is 3.08. The highest BCUT2D eigenvalue weighted by molar-refractivity contribution is 6.30. The van der Waals surface area contributed by atoms with E-state index in [2.05, 4.69) is 4.84 Å². The molecule has 0 aliphatic rings. The maximum atomic E-state index is 13.3. The van der Waals surface area contributed by atoms with Gasteiger partial charge < -0.3 is 4.74 Å². The Morgan fingerprint density at radius 3 is 2.23 bits per heavy atom. The van der Waals surface area contributed by atoms with Crippen molar-refractivity contribution in [2.75, 3.05) is 13.7 Å². The summed E-state index contributed by atoms with van der Waals surface area (Å²) in [4.78, 5) is 16.5. The van der Waals surface area contributed by atoms with Crippen molar-refractivity contribution in [1.82, 2.24) is 5.06 Å². The van der Waals surface area contributed by atoms with E-state index in [0.717, 1.165) is 7.11 Å². The van der Waals surface area contributed by atoms with Gasteiger partial charge in [-0.1, -0.05) is 37.6 Å². The highest BCUT2D eigenvalue weighted by atomic mass is 35.5. The summed E-state index contributed by atoms with van der Waals surface area (Å²) in [7, 11) is 0.977. The number of alkyl halides is 3. The number of benzene rings is 1. The SMILES string of the molecule is CON(C(=O)OCC(C)C)C(c1ccc(Cl)cc1)C(F)(F)F. The third-order valence-corrected chi connectivity index (χ3v) is 2.90. The number of halogens is 4. The molecular formula is C14H17ClF3NO3. The predicted octanol–water partition coefficient (Wildman–Crippen LogP) is 4.60. The summed E-state index contributed by atoms with van der Waals surface area (Å²) < 4.78 is 44.8. The van der Waals surface area contributed by atoms with E-state index < -0.39 is 18.3 Å². The molecule has 0 saturated carbocycles. The van der Waals surface area contributed by atoms with Gasteiger partial charge in [0.1, 0.15) is 0 Å². The van der Waals surface area contributed by atoms with Gasteiger partial charge in [0.25, 0.3) is 0 Å². The molecular weight excluding hydrogens is 323 g/mol. The van der Waals surface area contributed by atoms with E-state index in [-0.39, 0.29) is 28.2 Å². The highest BCUT2D eigenvalue weighted by Gasteiger charge is 2.48. The smallest absolute Gasteiger partial charge is 0.434 e. The topological polar surface area (TPSA) is 38.8 Å². The minimum atomic E-state index is -4.74. The van der Waals surface area contributed by atoms with Gasteiger partial charge >= 0.3 is 12.3 Å². The van der Waals surface area contributed by atoms with Crippen LogP contribution < -0.4 is 0 Å². The van der Waals surface area contributed by atoms with E-state index in [9.17, 15) is 18.0 Å². The van der Waals surface area contributed by atoms with Crippen molar-refractivity contribution in [3.05, 3.63) is 34.9 Å². The molecule has 22 heavy (non-hydrogen) atoms. The monoisotopic (exact) mass is 339 g/mol. The Morgan fingerprint density at radius 2 is 1.82 bits per heavy atom. The molecule has 1 atom stereocenters. The molecule has 0 aliphatic carbocycles. The van der Waals surface area contributed by atoms with Crippen LogP contribution in [-0.4, -0.2) is 31.0 Å². The second kappa shape index (κ2) is 7.69. The molecule has 0 N–H and O–H groups in total. The first-order valence-corrected chi connectivity index (χ1v) is 6.87. The summed E-state index contributed by atoms with van der Waals surface area (Å²) in [5.74, 6) is -0.0116. The van der Waals surface area contributed by atoms with Crippen molar-refractivity contribution < 1.29 is 27.5 Å². The molecule has 1 amide bonds. The molecule has 8 heteroatoms. The Hall–Kier alpha value is -1.47. The molecule has 1 aromatic carbocycles. The number of hydroxylamine groups is 2. The zero-order chi connectivity index (χ0) is 16.9. The molecule has 0 spiro atoms. The summed E-state index contributed by atoms with van der Waals surface area (Å²) in [6.45, 7) is 3.53. The van der Waals surface area contributed by atoms with Crippen LogP contribution in [0.1, 0.15) is 25.5 Å². The zero-order valence-corrected chi connectivity index (χ0v) is 13.1. The van der Waals surface area contributed by atoms with Crippen molar-refractivity contribution in [1.29, 1.82) is 0 Å². The zero-order valence-electron chi connectivity index (χ0n) is 12.4. The summed E-state index contributed by atoms with van der Waals surface area (Å²) >= 11 is 5.67. The van der Waals surface area contributed by atoms with Crippen molar-refractivity contribution >= 4 is 17.7 Å². The Kier molecular flexibility index (Phi) is 6.49. The van der Waals surface area contributed by atoms with Gasteiger partial charge in [-0.25, -0.2) is 4.79 Å². The predicted molar refractivity (Wildman–Crippen MR) is 75.3 cm³/mol. The average molecular weight is 340 g/mol. The first-order chi connectivity index (χ1) is 10.2. The normalized spacial score (nSPS) is 13.1. The second-order valence-electron chi connectivity index (χ2n) is 4.97. The van der Waals surface area contributed by atoms with Crippen LogP contribution in [0.3, 0.4) is 0 Å². The maximum Gasteiger partial charge on any atom is 0.434 e. The lowest BCUT2D eigenvalue weighted by Crippen LogP contribution is -2.42. The number of carbonyl (C=O) groups excluding carboxylic acids is 1. The fraction of sp³-hybridized carbons (Fsp3) is 0.500. The molecule has 0 heterocycles. The van der Waals surface area contributed by atoms with E-state index in [4.69, 9.17) is 16.3 Å². The third kappa shape index (κ3) is 5.06. The van der Waals surface area contributed by atoms with E-state index in [0.29, 0.717) is 0 Å². The Morgan fingerprint density at radius 1 is 1.27 bits per heavy atom. The van der Waals surface area contributed by atoms with E-state index in [1.807, 2.05) is 0 Å². The van der Waals surface area contributed by atoms with Gasteiger partial charge in [0.2, 0.25) is 0 Å². The van der Waals surface area contributed by atoms with Crippen LogP contribution in [0.25, 0.3) is 0 Å². The van der Waals surface area contributed by atoms with Gasteiger partial charge in [-0.15, -0.1) is 0 Å². The second-order valence-corrected chi connectivity index (χ2v) is 5.41. The van der Waals surface area contributed by atoms with Crippen LogP contribution in [0.4, 0.5) is 18.0 Å². The van der Waals surface area contributed by atoms with Gasteiger partial charge in [-0.05, 0) is 23.6 Å². The summed E-state index contributed by atoms with van der Waals surface area (Å²) in [5, 5.41) is 0.460. The standard InChI is InChI=1S/C14H17ClF3NO3/c1-9(2)8-22-13(20)19(21-3)12(14(16,17)18)10-4-6-11(15)7-5-10/h4-7,9,12H,8H2,1-3H3. The van der Waals surface area contributed by atoms with E-state index in [1.54, 1.807) is 13.8 Å². The van der Waals surface area contributed by atoms with Crippen molar-refractivity contribution in [3.63, 3.8) is 0 Å². The lowest BCUT2D eigenvalue weighted by atomic mass is 10.1. The molecule has 1 rings (SSSR count). The molecule has 0 radical (unpaired) electrons. The van der Waals surface area contributed by atoms with Crippen LogP contribution in [-0.2, 0) is 9.57 Å². The van der Waals surface area contributed by atoms with E-state index in [1.165, 1.54) is 24.3 Å². The molecule has 1 aromatic rings. The fourth-order valence-corrected chi connectivity index (χ4v) is 1.82. The summed E-state index contributed by atoms with van der Waals surface area (Å²) in [6, 6.07) is 2.70. The van der Waals surface area contributed by atoms with Gasteiger partial charge in [-0.2, -0.15) is 18.2 Å². The average Bonchev–Trinajstić information content (AvgIpc) is 2.42. The highest BCUT2D eigenvalue weighted by Crippen LogP contribution is 2.38. The number of rotatable bonds is 5. The van der Waals surface area contributed by atoms with Gasteiger partial charge in [0, 0.05) is 5.02 Å². The van der Waals surface area contributed by atoms with E-state index >= 15 is 0 Å². The largest absolute Gasteiger partial charge is 0.448 e. The Bertz CT molecular complexity index is 491. The van der Waals surface area contributed by atoms with Gasteiger partial charge in [0.05, 0.1) is 13.7 Å². The van der Waals surface area contributed by atoms with Crippen LogP contribution in [0, 0.1) is 5.92 Å². The third-order valence-electron chi connectivity index (χ3n) is 2.65. The number of hydrogen-bond acceptors (Lipinski definition) is 3. The van der Waals surface area contributed by atoms with Crippen LogP contribution in [0.2, 0.25) is 5.02 Å². The van der Waals surface area contributed by atoms with Crippen LogP contribution in [0.5, 0.6) is 0 Å². The quantitative estimate of drug-likeness (QED) is 0.736. The molecule has 0 aliphatic heterocycles. The molecule has 124 valence electrons.